The average Bonchev–Trinajstić information content (AvgIpc) is 3.36. The van der Waals surface area contributed by atoms with Crippen LogP contribution in [0.25, 0.3) is 28.1 Å². The highest BCUT2D eigenvalue weighted by Gasteiger charge is 2.31. The van der Waals surface area contributed by atoms with E-state index >= 15 is 0 Å². The Morgan fingerprint density at radius 3 is 2.90 bits per heavy atom. The van der Waals surface area contributed by atoms with Crippen LogP contribution in [0, 0.1) is 11.6 Å². The van der Waals surface area contributed by atoms with Gasteiger partial charge in [0.05, 0.1) is 35.4 Å². The molecule has 6 rings (SSSR count). The quantitative estimate of drug-likeness (QED) is 0.474. The van der Waals surface area contributed by atoms with Crippen molar-refractivity contribution < 1.29 is 13.5 Å². The Labute approximate surface area is 172 Å². The van der Waals surface area contributed by atoms with Crippen LogP contribution in [0.3, 0.4) is 0 Å². The molecule has 1 unspecified atom stereocenters. The Morgan fingerprint density at radius 2 is 2.00 bits per heavy atom. The molecule has 1 aliphatic heterocycles. The summed E-state index contributed by atoms with van der Waals surface area (Å²) >= 11 is 0. The van der Waals surface area contributed by atoms with Crippen LogP contribution in [0.5, 0.6) is 5.75 Å². The molecule has 10 heteroatoms. The van der Waals surface area contributed by atoms with Crippen LogP contribution in [0.1, 0.15) is 18.0 Å². The molecule has 4 heterocycles. The second-order valence-corrected chi connectivity index (χ2v) is 7.24. The summed E-state index contributed by atoms with van der Waals surface area (Å²) in [6, 6.07) is 9.12. The summed E-state index contributed by atoms with van der Waals surface area (Å²) in [4.78, 5) is 28.8. The van der Waals surface area contributed by atoms with E-state index in [0.29, 0.717) is 11.5 Å². The number of benzene rings is 2. The van der Waals surface area contributed by atoms with E-state index in [4.69, 9.17) is 4.74 Å². The highest BCUT2D eigenvalue weighted by Crippen LogP contribution is 2.38. The summed E-state index contributed by atoms with van der Waals surface area (Å²) in [5.41, 5.74) is 1.77. The van der Waals surface area contributed by atoms with Gasteiger partial charge in [-0.2, -0.15) is 4.98 Å². The molecule has 0 saturated heterocycles. The molecule has 1 atom stereocenters. The molecule has 5 aromatic rings. The van der Waals surface area contributed by atoms with Crippen LogP contribution in [-0.4, -0.2) is 35.7 Å². The summed E-state index contributed by atoms with van der Waals surface area (Å²) in [5, 5.41) is 0. The highest BCUT2D eigenvalue weighted by atomic mass is 19.2. The minimum absolute atomic E-state index is 0.00231. The van der Waals surface area contributed by atoms with E-state index in [2.05, 4.69) is 19.9 Å². The molecule has 0 fully saturated rings. The first kappa shape index (κ1) is 17.8. The minimum Gasteiger partial charge on any atom is -0.493 e. The minimum atomic E-state index is -1.03. The third-order valence-corrected chi connectivity index (χ3v) is 5.50. The lowest BCUT2D eigenvalue weighted by molar-refractivity contribution is 0.248. The average molecular weight is 420 g/mol. The summed E-state index contributed by atoms with van der Waals surface area (Å²) in [7, 11) is 0. The number of aromatic amines is 1. The van der Waals surface area contributed by atoms with E-state index in [1.807, 2.05) is 24.3 Å². The van der Waals surface area contributed by atoms with Gasteiger partial charge in [-0.1, -0.05) is 12.1 Å². The highest BCUT2D eigenvalue weighted by molar-refractivity contribution is 5.77. The van der Waals surface area contributed by atoms with Gasteiger partial charge in [-0.05, 0) is 24.3 Å². The van der Waals surface area contributed by atoms with E-state index in [0.717, 1.165) is 17.1 Å². The molecule has 31 heavy (non-hydrogen) atoms. The van der Waals surface area contributed by atoms with Gasteiger partial charge in [0.2, 0.25) is 5.95 Å². The van der Waals surface area contributed by atoms with Crippen molar-refractivity contribution in [1.29, 1.82) is 0 Å². The topological polar surface area (TPSA) is 90.6 Å². The van der Waals surface area contributed by atoms with Crippen LogP contribution in [-0.2, 0) is 0 Å². The van der Waals surface area contributed by atoms with E-state index in [1.165, 1.54) is 16.8 Å². The third-order valence-electron chi connectivity index (χ3n) is 5.50. The number of halogens is 2. The Bertz CT molecular complexity index is 1540. The van der Waals surface area contributed by atoms with Crippen molar-refractivity contribution in [2.75, 3.05) is 6.61 Å². The Morgan fingerprint density at radius 1 is 1.13 bits per heavy atom. The van der Waals surface area contributed by atoms with Crippen LogP contribution < -0.4 is 10.4 Å². The number of para-hydroxylation sites is 2. The number of rotatable bonds is 2. The van der Waals surface area contributed by atoms with Gasteiger partial charge in [0.1, 0.15) is 17.6 Å². The lowest BCUT2D eigenvalue weighted by atomic mass is 9.99. The number of H-pyrrole nitrogens is 1. The van der Waals surface area contributed by atoms with Gasteiger partial charge in [0, 0.05) is 6.42 Å². The zero-order valence-corrected chi connectivity index (χ0v) is 15.9. The van der Waals surface area contributed by atoms with E-state index in [9.17, 15) is 13.6 Å². The van der Waals surface area contributed by atoms with Crippen molar-refractivity contribution in [3.05, 3.63) is 76.6 Å². The number of hydrogen-bond donors (Lipinski definition) is 1. The fraction of sp³-hybridized carbons (Fsp3) is 0.143. The number of fused-ring (bicyclic) bond motifs is 3. The smallest absolute Gasteiger partial charge is 0.328 e. The van der Waals surface area contributed by atoms with Gasteiger partial charge >= 0.3 is 5.69 Å². The molecule has 154 valence electrons. The second-order valence-electron chi connectivity index (χ2n) is 7.24. The van der Waals surface area contributed by atoms with E-state index in [-0.39, 0.29) is 30.0 Å². The van der Waals surface area contributed by atoms with Gasteiger partial charge in [-0.25, -0.2) is 23.5 Å². The maximum atomic E-state index is 14.7. The van der Waals surface area contributed by atoms with Crippen molar-refractivity contribution in [3.63, 3.8) is 0 Å². The Kier molecular flexibility index (Phi) is 3.70. The lowest BCUT2D eigenvalue weighted by Gasteiger charge is -2.27. The third kappa shape index (κ3) is 2.57. The van der Waals surface area contributed by atoms with Crippen LogP contribution in [0.2, 0.25) is 0 Å². The molecular weight excluding hydrogens is 406 g/mol. The fourth-order valence-corrected chi connectivity index (χ4v) is 4.10. The Hall–Kier alpha value is -4.08. The predicted octanol–water partition coefficient (Wildman–Crippen LogP) is 3.11. The maximum Gasteiger partial charge on any atom is 0.328 e. The number of nitrogens with zero attached hydrogens (tertiary/aromatic N) is 5. The largest absolute Gasteiger partial charge is 0.493 e. The number of nitrogens with one attached hydrogen (secondary N) is 1. The summed E-state index contributed by atoms with van der Waals surface area (Å²) in [5.74, 6) is -1.51. The molecule has 1 N–H and O–H groups in total. The van der Waals surface area contributed by atoms with Crippen LogP contribution in [0.4, 0.5) is 8.78 Å². The molecule has 0 spiro atoms. The molecule has 0 saturated carbocycles. The van der Waals surface area contributed by atoms with Crippen molar-refractivity contribution in [1.82, 2.24) is 29.1 Å². The molecule has 2 aromatic carbocycles. The van der Waals surface area contributed by atoms with E-state index < -0.39 is 23.4 Å². The molecule has 1 aliphatic rings. The van der Waals surface area contributed by atoms with Gasteiger partial charge < -0.3 is 9.72 Å². The number of ether oxygens (including phenoxy) is 1. The van der Waals surface area contributed by atoms with Crippen LogP contribution in [0.15, 0.2) is 53.7 Å². The Balaban J connectivity index is 1.58. The van der Waals surface area contributed by atoms with Crippen LogP contribution >= 0.6 is 0 Å². The first-order valence-electron chi connectivity index (χ1n) is 9.62. The predicted molar refractivity (Wildman–Crippen MR) is 107 cm³/mol. The maximum absolute atomic E-state index is 14.7. The SMILES string of the molecule is O=c1[nH]c2cnc(-n3cnc4ccccc43)nc2n1C1CCOc2ccc(F)c(F)c21. The zero-order chi connectivity index (χ0) is 21.1. The molecule has 0 aliphatic carbocycles. The van der Waals surface area contributed by atoms with E-state index in [1.54, 1.807) is 10.9 Å². The first-order valence-corrected chi connectivity index (χ1v) is 9.62. The van der Waals surface area contributed by atoms with Gasteiger partial charge in [0.25, 0.3) is 0 Å². The van der Waals surface area contributed by atoms with Gasteiger partial charge in [-0.3, -0.25) is 9.13 Å². The fourth-order valence-electron chi connectivity index (χ4n) is 4.10. The van der Waals surface area contributed by atoms with Gasteiger partial charge in [0.15, 0.2) is 17.3 Å². The van der Waals surface area contributed by atoms with Gasteiger partial charge in [-0.15, -0.1) is 0 Å². The summed E-state index contributed by atoms with van der Waals surface area (Å²) < 4.78 is 37.2. The van der Waals surface area contributed by atoms with Crippen molar-refractivity contribution in [2.45, 2.75) is 12.5 Å². The number of aromatic nitrogens is 6. The molecule has 0 bridgehead atoms. The molecular formula is C21H14F2N6O2. The molecule has 0 amide bonds. The molecule has 3 aromatic heterocycles. The monoisotopic (exact) mass is 420 g/mol. The van der Waals surface area contributed by atoms with Crippen molar-refractivity contribution in [2.24, 2.45) is 0 Å². The summed E-state index contributed by atoms with van der Waals surface area (Å²) in [6.45, 7) is 0.256. The summed E-state index contributed by atoms with van der Waals surface area (Å²) in [6.07, 6.45) is 3.37. The van der Waals surface area contributed by atoms with Crippen molar-refractivity contribution >= 4 is 22.2 Å². The second kappa shape index (κ2) is 6.46. The standard InChI is InChI=1S/C21H14F2N6O2/c22-11-5-6-16-17(18(11)23)15(7-8-31-16)29-19-13(26-21(29)30)9-24-20(27-19)28-10-25-12-3-1-2-4-14(12)28/h1-6,9-10,15H,7-8H2,(H,26,30). The number of hydrogen-bond acceptors (Lipinski definition) is 5. The normalized spacial score (nSPS) is 15.9. The number of imidazole rings is 2. The molecule has 0 radical (unpaired) electrons. The first-order chi connectivity index (χ1) is 15.1. The molecule has 8 nitrogen and oxygen atoms in total. The van der Waals surface area contributed by atoms with Crippen molar-refractivity contribution in [3.8, 4) is 11.7 Å². The lowest BCUT2D eigenvalue weighted by Crippen LogP contribution is -2.29. The zero-order valence-electron chi connectivity index (χ0n) is 15.9.